The SMILES string of the molecule is CCCNC(CCC1CCCC1)C1=CCCO1. The fraction of sp³-hybridized carbons (Fsp3) is 0.867. The molecule has 1 N–H and O–H groups in total. The fourth-order valence-corrected chi connectivity index (χ4v) is 3.04. The van der Waals surface area contributed by atoms with Crippen molar-refractivity contribution in [2.75, 3.05) is 13.2 Å². The molecule has 2 rings (SSSR count). The monoisotopic (exact) mass is 237 g/mol. The quantitative estimate of drug-likeness (QED) is 0.730. The van der Waals surface area contributed by atoms with Gasteiger partial charge in [-0.1, -0.05) is 32.6 Å². The van der Waals surface area contributed by atoms with Crippen LogP contribution in [0.15, 0.2) is 11.8 Å². The summed E-state index contributed by atoms with van der Waals surface area (Å²) in [6.45, 7) is 4.23. The van der Waals surface area contributed by atoms with Crippen LogP contribution < -0.4 is 5.32 Å². The molecule has 0 spiro atoms. The lowest BCUT2D eigenvalue weighted by molar-refractivity contribution is 0.208. The van der Waals surface area contributed by atoms with E-state index < -0.39 is 0 Å². The van der Waals surface area contributed by atoms with E-state index in [1.54, 1.807) is 0 Å². The van der Waals surface area contributed by atoms with Crippen LogP contribution in [-0.2, 0) is 4.74 Å². The molecule has 0 saturated heterocycles. The number of hydrogen-bond acceptors (Lipinski definition) is 2. The zero-order valence-electron chi connectivity index (χ0n) is 11.2. The molecule has 0 aromatic rings. The minimum atomic E-state index is 0.484. The minimum Gasteiger partial charge on any atom is -0.496 e. The van der Waals surface area contributed by atoms with Gasteiger partial charge in [-0.25, -0.2) is 0 Å². The number of hydrogen-bond donors (Lipinski definition) is 1. The van der Waals surface area contributed by atoms with Crippen LogP contribution in [0.4, 0.5) is 0 Å². The molecule has 1 heterocycles. The summed E-state index contributed by atoms with van der Waals surface area (Å²) in [5.41, 5.74) is 0. The Kier molecular flexibility index (Phi) is 5.37. The highest BCUT2D eigenvalue weighted by Gasteiger charge is 2.21. The molecule has 1 unspecified atom stereocenters. The summed E-state index contributed by atoms with van der Waals surface area (Å²) >= 11 is 0. The van der Waals surface area contributed by atoms with Crippen molar-refractivity contribution in [2.45, 2.75) is 64.3 Å². The molecule has 0 aromatic carbocycles. The third-order valence-corrected chi connectivity index (χ3v) is 4.05. The van der Waals surface area contributed by atoms with Crippen molar-refractivity contribution in [2.24, 2.45) is 5.92 Å². The van der Waals surface area contributed by atoms with Crippen molar-refractivity contribution in [3.63, 3.8) is 0 Å². The highest BCUT2D eigenvalue weighted by Crippen LogP contribution is 2.30. The van der Waals surface area contributed by atoms with Crippen molar-refractivity contribution in [3.05, 3.63) is 11.8 Å². The van der Waals surface area contributed by atoms with Gasteiger partial charge in [0.15, 0.2) is 0 Å². The van der Waals surface area contributed by atoms with Crippen LogP contribution >= 0.6 is 0 Å². The van der Waals surface area contributed by atoms with Gasteiger partial charge in [-0.05, 0) is 37.8 Å². The van der Waals surface area contributed by atoms with Crippen molar-refractivity contribution in [1.29, 1.82) is 0 Å². The van der Waals surface area contributed by atoms with Gasteiger partial charge in [0.2, 0.25) is 0 Å². The minimum absolute atomic E-state index is 0.484. The lowest BCUT2D eigenvalue weighted by atomic mass is 9.97. The summed E-state index contributed by atoms with van der Waals surface area (Å²) in [6.07, 6.45) is 13.0. The van der Waals surface area contributed by atoms with Crippen LogP contribution in [0.5, 0.6) is 0 Å². The van der Waals surface area contributed by atoms with Crippen LogP contribution in [-0.4, -0.2) is 19.2 Å². The summed E-state index contributed by atoms with van der Waals surface area (Å²) in [7, 11) is 0. The van der Waals surface area contributed by atoms with Gasteiger partial charge in [0, 0.05) is 6.42 Å². The van der Waals surface area contributed by atoms with E-state index in [1.165, 1.54) is 50.7 Å². The topological polar surface area (TPSA) is 21.3 Å². The van der Waals surface area contributed by atoms with Crippen molar-refractivity contribution >= 4 is 0 Å². The molecule has 1 saturated carbocycles. The van der Waals surface area contributed by atoms with Gasteiger partial charge >= 0.3 is 0 Å². The smallest absolute Gasteiger partial charge is 0.109 e. The van der Waals surface area contributed by atoms with E-state index >= 15 is 0 Å². The third-order valence-electron chi connectivity index (χ3n) is 4.05. The molecule has 2 aliphatic rings. The van der Waals surface area contributed by atoms with Crippen molar-refractivity contribution in [1.82, 2.24) is 5.32 Å². The first kappa shape index (κ1) is 12.9. The van der Waals surface area contributed by atoms with Crippen LogP contribution in [0.2, 0.25) is 0 Å². The van der Waals surface area contributed by atoms with Crippen LogP contribution in [0, 0.1) is 5.92 Å². The first-order chi connectivity index (χ1) is 8.40. The molecule has 0 aromatic heterocycles. The Morgan fingerprint density at radius 3 is 2.88 bits per heavy atom. The lowest BCUT2D eigenvalue weighted by Crippen LogP contribution is -2.32. The molecule has 1 fully saturated rings. The Labute approximate surface area is 106 Å². The number of rotatable bonds is 7. The molecular formula is C15H27NO. The van der Waals surface area contributed by atoms with Gasteiger partial charge in [-0.15, -0.1) is 0 Å². The zero-order chi connectivity index (χ0) is 11.9. The number of nitrogens with one attached hydrogen (secondary N) is 1. The normalized spacial score (nSPS) is 22.5. The van der Waals surface area contributed by atoms with Gasteiger partial charge in [-0.2, -0.15) is 0 Å². The van der Waals surface area contributed by atoms with Gasteiger partial charge in [0.05, 0.1) is 12.6 Å². The van der Waals surface area contributed by atoms with E-state index in [-0.39, 0.29) is 0 Å². The number of ether oxygens (including phenoxy) is 1. The Bertz CT molecular complexity index is 243. The van der Waals surface area contributed by atoms with Crippen molar-refractivity contribution in [3.8, 4) is 0 Å². The molecule has 0 amide bonds. The van der Waals surface area contributed by atoms with Gasteiger partial charge < -0.3 is 10.1 Å². The molecule has 1 aliphatic carbocycles. The van der Waals surface area contributed by atoms with E-state index in [4.69, 9.17) is 4.74 Å². The molecule has 17 heavy (non-hydrogen) atoms. The van der Waals surface area contributed by atoms with E-state index in [9.17, 15) is 0 Å². The largest absolute Gasteiger partial charge is 0.496 e. The average Bonchev–Trinajstić information content (AvgIpc) is 3.01. The molecule has 2 nitrogen and oxygen atoms in total. The highest BCUT2D eigenvalue weighted by atomic mass is 16.5. The van der Waals surface area contributed by atoms with Crippen LogP contribution in [0.3, 0.4) is 0 Å². The van der Waals surface area contributed by atoms with Gasteiger partial charge in [-0.3, -0.25) is 0 Å². The molecule has 1 atom stereocenters. The highest BCUT2D eigenvalue weighted by molar-refractivity contribution is 5.07. The van der Waals surface area contributed by atoms with E-state index in [2.05, 4.69) is 18.3 Å². The Morgan fingerprint density at radius 1 is 1.41 bits per heavy atom. The molecule has 98 valence electrons. The van der Waals surface area contributed by atoms with Gasteiger partial charge in [0.25, 0.3) is 0 Å². The Morgan fingerprint density at radius 2 is 2.24 bits per heavy atom. The summed E-state index contributed by atoms with van der Waals surface area (Å²) in [6, 6.07) is 0.484. The second-order valence-corrected chi connectivity index (χ2v) is 5.48. The molecule has 1 aliphatic heterocycles. The lowest BCUT2D eigenvalue weighted by Gasteiger charge is -2.21. The second-order valence-electron chi connectivity index (χ2n) is 5.48. The maximum Gasteiger partial charge on any atom is 0.109 e. The third kappa shape index (κ3) is 4.02. The van der Waals surface area contributed by atoms with Crippen LogP contribution in [0.1, 0.15) is 58.3 Å². The molecular weight excluding hydrogens is 210 g/mol. The molecule has 0 bridgehead atoms. The van der Waals surface area contributed by atoms with Crippen LogP contribution in [0.25, 0.3) is 0 Å². The molecule has 0 radical (unpaired) electrons. The van der Waals surface area contributed by atoms with E-state index in [1.807, 2.05) is 0 Å². The summed E-state index contributed by atoms with van der Waals surface area (Å²) < 4.78 is 5.73. The van der Waals surface area contributed by atoms with Crippen molar-refractivity contribution < 1.29 is 4.74 Å². The summed E-state index contributed by atoms with van der Waals surface area (Å²) in [5, 5.41) is 3.64. The fourth-order valence-electron chi connectivity index (χ4n) is 3.04. The maximum atomic E-state index is 5.73. The Hall–Kier alpha value is -0.500. The van der Waals surface area contributed by atoms with E-state index in [0.717, 1.165) is 25.5 Å². The standard InChI is InChI=1S/C15H27NO/c1-2-11-16-14(15-8-5-12-17-15)10-9-13-6-3-4-7-13/h8,13-14,16H,2-7,9-12H2,1H3. The first-order valence-electron chi connectivity index (χ1n) is 7.46. The van der Waals surface area contributed by atoms with E-state index in [0.29, 0.717) is 6.04 Å². The summed E-state index contributed by atoms with van der Waals surface area (Å²) in [4.78, 5) is 0. The maximum absolute atomic E-state index is 5.73. The second kappa shape index (κ2) is 7.05. The predicted molar refractivity (Wildman–Crippen MR) is 71.9 cm³/mol. The molecule has 2 heteroatoms. The Balaban J connectivity index is 1.77. The first-order valence-corrected chi connectivity index (χ1v) is 7.46. The summed E-state index contributed by atoms with van der Waals surface area (Å²) in [5.74, 6) is 2.21. The predicted octanol–water partition coefficient (Wildman–Crippen LogP) is 3.63. The zero-order valence-corrected chi connectivity index (χ0v) is 11.2. The van der Waals surface area contributed by atoms with Gasteiger partial charge in [0.1, 0.15) is 5.76 Å². The average molecular weight is 237 g/mol.